The molecule has 0 radical (unpaired) electrons. The number of rotatable bonds is 1. The number of fused-ring (bicyclic) bond motifs is 3. The zero-order valence-corrected chi connectivity index (χ0v) is 6.71. The van der Waals surface area contributed by atoms with Crippen molar-refractivity contribution < 1.29 is 0 Å². The van der Waals surface area contributed by atoms with Crippen LogP contribution in [0.4, 0.5) is 0 Å². The molecule has 3 aliphatic heterocycles. The predicted molar refractivity (Wildman–Crippen MR) is 42.1 cm³/mol. The molecule has 0 aromatic rings. The second-order valence-electron chi connectivity index (χ2n) is 3.40. The zero-order chi connectivity index (χ0) is 6.97. The van der Waals surface area contributed by atoms with Crippen molar-refractivity contribution in [2.24, 2.45) is 0 Å². The largest absolute Gasteiger partial charge is 0.299 e. The van der Waals surface area contributed by atoms with Gasteiger partial charge in [0.15, 0.2) is 0 Å². The van der Waals surface area contributed by atoms with Gasteiger partial charge < -0.3 is 0 Å². The maximum absolute atomic E-state index is 2.64. The molecule has 2 nitrogen and oxygen atoms in total. The summed E-state index contributed by atoms with van der Waals surface area (Å²) < 4.78 is 0. The van der Waals surface area contributed by atoms with E-state index in [-0.39, 0.29) is 0 Å². The van der Waals surface area contributed by atoms with E-state index in [9.17, 15) is 0 Å². The summed E-state index contributed by atoms with van der Waals surface area (Å²) in [6.45, 7) is 8.90. The van der Waals surface area contributed by atoms with Crippen molar-refractivity contribution in [1.82, 2.24) is 9.80 Å². The standard InChI is InChI=1S/C8H16N2/c1-2-8-7-9-3-5-10(8)6-4-9/h8H,2-7H2,1H3. The Hall–Kier alpha value is -0.0800. The van der Waals surface area contributed by atoms with Crippen LogP contribution in [-0.4, -0.2) is 48.6 Å². The highest BCUT2D eigenvalue weighted by Gasteiger charge is 2.29. The van der Waals surface area contributed by atoms with Crippen LogP contribution in [-0.2, 0) is 0 Å². The van der Waals surface area contributed by atoms with Gasteiger partial charge in [0.2, 0.25) is 0 Å². The Morgan fingerprint density at radius 2 is 1.90 bits per heavy atom. The number of piperazine rings is 3. The summed E-state index contributed by atoms with van der Waals surface area (Å²) >= 11 is 0. The van der Waals surface area contributed by atoms with Gasteiger partial charge in [0, 0.05) is 38.8 Å². The summed E-state index contributed by atoms with van der Waals surface area (Å²) in [7, 11) is 0. The van der Waals surface area contributed by atoms with Gasteiger partial charge in [-0.1, -0.05) is 6.92 Å². The maximum atomic E-state index is 2.64. The van der Waals surface area contributed by atoms with Crippen LogP contribution in [0.1, 0.15) is 13.3 Å². The summed E-state index contributed by atoms with van der Waals surface area (Å²) in [6, 6.07) is 0.877. The SMILES string of the molecule is CCC1CN2CCN1CC2. The Labute approximate surface area is 62.8 Å². The first-order chi connectivity index (χ1) is 4.90. The summed E-state index contributed by atoms with van der Waals surface area (Å²) in [5.74, 6) is 0. The second-order valence-corrected chi connectivity index (χ2v) is 3.40. The number of hydrogen-bond donors (Lipinski definition) is 0. The quantitative estimate of drug-likeness (QED) is 0.520. The van der Waals surface area contributed by atoms with E-state index in [1.807, 2.05) is 0 Å². The van der Waals surface area contributed by atoms with Gasteiger partial charge in [0.1, 0.15) is 0 Å². The van der Waals surface area contributed by atoms with E-state index in [4.69, 9.17) is 0 Å². The van der Waals surface area contributed by atoms with Crippen molar-refractivity contribution >= 4 is 0 Å². The van der Waals surface area contributed by atoms with Gasteiger partial charge in [-0.25, -0.2) is 0 Å². The first-order valence-electron chi connectivity index (χ1n) is 4.36. The van der Waals surface area contributed by atoms with Crippen molar-refractivity contribution in [3.63, 3.8) is 0 Å². The van der Waals surface area contributed by atoms with E-state index in [1.165, 1.54) is 39.1 Å². The highest BCUT2D eigenvalue weighted by Crippen LogP contribution is 2.16. The van der Waals surface area contributed by atoms with E-state index >= 15 is 0 Å². The topological polar surface area (TPSA) is 6.48 Å². The molecule has 3 saturated heterocycles. The van der Waals surface area contributed by atoms with Gasteiger partial charge in [-0.2, -0.15) is 0 Å². The molecular formula is C8H16N2. The minimum atomic E-state index is 0.877. The van der Waals surface area contributed by atoms with Crippen LogP contribution in [0, 0.1) is 0 Å². The third-order valence-corrected chi connectivity index (χ3v) is 2.86. The monoisotopic (exact) mass is 140 g/mol. The number of hydrogen-bond acceptors (Lipinski definition) is 2. The first kappa shape index (κ1) is 6.62. The summed E-state index contributed by atoms with van der Waals surface area (Å²) in [5.41, 5.74) is 0. The molecule has 10 heavy (non-hydrogen) atoms. The fourth-order valence-electron chi connectivity index (χ4n) is 2.11. The van der Waals surface area contributed by atoms with Crippen molar-refractivity contribution in [3.8, 4) is 0 Å². The molecule has 0 N–H and O–H groups in total. The average Bonchev–Trinajstić information content (AvgIpc) is 2.06. The zero-order valence-electron chi connectivity index (χ0n) is 6.71. The highest BCUT2D eigenvalue weighted by molar-refractivity contribution is 4.86. The van der Waals surface area contributed by atoms with E-state index < -0.39 is 0 Å². The van der Waals surface area contributed by atoms with E-state index in [1.54, 1.807) is 0 Å². The van der Waals surface area contributed by atoms with Crippen LogP contribution in [0.2, 0.25) is 0 Å². The molecule has 3 heterocycles. The minimum Gasteiger partial charge on any atom is -0.299 e. The molecule has 2 heteroatoms. The van der Waals surface area contributed by atoms with E-state index in [2.05, 4.69) is 16.7 Å². The van der Waals surface area contributed by atoms with Gasteiger partial charge in [-0.3, -0.25) is 9.80 Å². The molecule has 2 bridgehead atoms. The molecule has 58 valence electrons. The van der Waals surface area contributed by atoms with Crippen molar-refractivity contribution in [3.05, 3.63) is 0 Å². The van der Waals surface area contributed by atoms with Crippen LogP contribution in [0.15, 0.2) is 0 Å². The molecule has 3 rings (SSSR count). The third kappa shape index (κ3) is 0.956. The fraction of sp³-hybridized carbons (Fsp3) is 1.00. The summed E-state index contributed by atoms with van der Waals surface area (Å²) in [4.78, 5) is 5.23. The van der Waals surface area contributed by atoms with Gasteiger partial charge in [-0.05, 0) is 6.42 Å². The molecule has 0 saturated carbocycles. The van der Waals surface area contributed by atoms with Crippen LogP contribution in [0.3, 0.4) is 0 Å². The number of nitrogens with zero attached hydrogens (tertiary/aromatic N) is 2. The Bertz CT molecular complexity index is 116. The Kier molecular flexibility index (Phi) is 1.66. The Morgan fingerprint density at radius 1 is 1.20 bits per heavy atom. The van der Waals surface area contributed by atoms with Crippen LogP contribution < -0.4 is 0 Å². The molecule has 0 aliphatic carbocycles. The van der Waals surface area contributed by atoms with Crippen LogP contribution in [0.25, 0.3) is 0 Å². The van der Waals surface area contributed by atoms with Crippen molar-refractivity contribution in [2.45, 2.75) is 19.4 Å². The summed E-state index contributed by atoms with van der Waals surface area (Å²) in [5, 5.41) is 0. The molecule has 0 spiro atoms. The van der Waals surface area contributed by atoms with Gasteiger partial charge in [0.05, 0.1) is 0 Å². The second kappa shape index (κ2) is 2.51. The van der Waals surface area contributed by atoms with E-state index in [0.717, 1.165) is 6.04 Å². The fourth-order valence-corrected chi connectivity index (χ4v) is 2.11. The van der Waals surface area contributed by atoms with Gasteiger partial charge >= 0.3 is 0 Å². The molecule has 3 aliphatic rings. The highest BCUT2D eigenvalue weighted by atomic mass is 15.3. The molecule has 1 unspecified atom stereocenters. The maximum Gasteiger partial charge on any atom is 0.0221 e. The predicted octanol–water partition coefficient (Wildman–Crippen LogP) is 0.396. The Balaban J connectivity index is 2.01. The Morgan fingerprint density at radius 3 is 2.20 bits per heavy atom. The van der Waals surface area contributed by atoms with Crippen LogP contribution in [0.5, 0.6) is 0 Å². The minimum absolute atomic E-state index is 0.877. The lowest BCUT2D eigenvalue weighted by atomic mass is 10.1. The molecule has 0 aromatic carbocycles. The third-order valence-electron chi connectivity index (χ3n) is 2.86. The van der Waals surface area contributed by atoms with Crippen molar-refractivity contribution in [1.29, 1.82) is 0 Å². The molecule has 0 aromatic heterocycles. The molecular weight excluding hydrogens is 124 g/mol. The lowest BCUT2D eigenvalue weighted by Crippen LogP contribution is -2.60. The van der Waals surface area contributed by atoms with Crippen molar-refractivity contribution in [2.75, 3.05) is 32.7 Å². The van der Waals surface area contributed by atoms with E-state index in [0.29, 0.717) is 0 Å². The van der Waals surface area contributed by atoms with Crippen LogP contribution >= 0.6 is 0 Å². The normalized spacial score (nSPS) is 45.9. The smallest absolute Gasteiger partial charge is 0.0221 e. The lowest BCUT2D eigenvalue weighted by Gasteiger charge is -2.47. The average molecular weight is 140 g/mol. The summed E-state index contributed by atoms with van der Waals surface area (Å²) in [6.07, 6.45) is 1.33. The molecule has 3 fully saturated rings. The van der Waals surface area contributed by atoms with Gasteiger partial charge in [-0.15, -0.1) is 0 Å². The van der Waals surface area contributed by atoms with Gasteiger partial charge in [0.25, 0.3) is 0 Å². The first-order valence-corrected chi connectivity index (χ1v) is 4.36. The molecule has 0 amide bonds. The molecule has 1 atom stereocenters. The lowest BCUT2D eigenvalue weighted by molar-refractivity contribution is 0.0119.